The molecule has 0 amide bonds. The average Bonchev–Trinajstić information content (AvgIpc) is 3.00. The van der Waals surface area contributed by atoms with Crippen molar-refractivity contribution >= 4 is 17.7 Å². The molecule has 42 heavy (non-hydrogen) atoms. The molecule has 3 aromatic rings. The molecule has 3 rings (SSSR count). The highest BCUT2D eigenvalue weighted by molar-refractivity contribution is 7.98. The molecule has 0 spiro atoms. The minimum absolute atomic E-state index is 0.234. The molecule has 7 heteroatoms. The second kappa shape index (κ2) is 16.8. The van der Waals surface area contributed by atoms with Gasteiger partial charge in [0, 0.05) is 39.9 Å². The summed E-state index contributed by atoms with van der Waals surface area (Å²) < 4.78 is 17.0. The third-order valence-electron chi connectivity index (χ3n) is 6.85. The number of ether oxygens (including phenoxy) is 3. The first-order valence-corrected chi connectivity index (χ1v) is 15.4. The highest BCUT2D eigenvalue weighted by atomic mass is 32.2. The van der Waals surface area contributed by atoms with Crippen molar-refractivity contribution in [1.82, 2.24) is 9.97 Å². The Morgan fingerprint density at radius 2 is 1.48 bits per heavy atom. The van der Waals surface area contributed by atoms with Crippen LogP contribution in [0, 0.1) is 5.41 Å². The molecule has 0 radical (unpaired) electrons. The summed E-state index contributed by atoms with van der Waals surface area (Å²) in [5, 5.41) is 0. The van der Waals surface area contributed by atoms with Crippen molar-refractivity contribution in [2.75, 3.05) is 14.2 Å². The summed E-state index contributed by atoms with van der Waals surface area (Å²) in [5.41, 5.74) is 3.71. The summed E-state index contributed by atoms with van der Waals surface area (Å²) in [5.74, 6) is 2.26. The summed E-state index contributed by atoms with van der Waals surface area (Å²) in [6.07, 6.45) is 14.1. The molecule has 0 aliphatic rings. The van der Waals surface area contributed by atoms with Gasteiger partial charge in [-0.05, 0) is 83.6 Å². The number of allylic oxidation sites excluding steroid dienone is 2. The van der Waals surface area contributed by atoms with E-state index in [0.717, 1.165) is 65.4 Å². The molecule has 2 aromatic heterocycles. The fraction of sp³-hybridized carbons (Fsp3) is 0.400. The Morgan fingerprint density at radius 3 is 2.07 bits per heavy atom. The number of carbonyl (C=O) groups is 1. The Labute approximate surface area is 255 Å². The van der Waals surface area contributed by atoms with Gasteiger partial charge >= 0.3 is 5.97 Å². The molecule has 1 atom stereocenters. The van der Waals surface area contributed by atoms with E-state index in [-0.39, 0.29) is 12.1 Å². The number of aryl methyl sites for hydroxylation is 1. The summed E-state index contributed by atoms with van der Waals surface area (Å²) in [6.45, 7) is 9.42. The number of rotatable bonds is 16. The highest BCUT2D eigenvalue weighted by Gasteiger charge is 2.25. The van der Waals surface area contributed by atoms with Gasteiger partial charge < -0.3 is 14.2 Å². The maximum Gasteiger partial charge on any atom is 0.311 e. The smallest absolute Gasteiger partial charge is 0.311 e. The number of nitrogens with zero attached hydrogens (tertiary/aromatic N) is 2. The summed E-state index contributed by atoms with van der Waals surface area (Å²) >= 11 is 1.78. The molecule has 0 aliphatic heterocycles. The maximum absolute atomic E-state index is 12.4. The van der Waals surface area contributed by atoms with Crippen LogP contribution in [-0.2, 0) is 34.5 Å². The molecule has 2 heterocycles. The van der Waals surface area contributed by atoms with Crippen LogP contribution in [0.15, 0.2) is 84.6 Å². The first-order valence-electron chi connectivity index (χ1n) is 14.4. The molecule has 0 aliphatic carbocycles. The van der Waals surface area contributed by atoms with Gasteiger partial charge in [-0.15, -0.1) is 11.8 Å². The van der Waals surface area contributed by atoms with Gasteiger partial charge in [0.05, 0.1) is 25.3 Å². The van der Waals surface area contributed by atoms with Gasteiger partial charge in [-0.25, -0.2) is 0 Å². The zero-order valence-corrected chi connectivity index (χ0v) is 26.4. The minimum atomic E-state index is -0.560. The van der Waals surface area contributed by atoms with Gasteiger partial charge in [0.2, 0.25) is 0 Å². The van der Waals surface area contributed by atoms with Crippen LogP contribution in [-0.4, -0.2) is 36.3 Å². The molecule has 1 unspecified atom stereocenters. The second-order valence-electron chi connectivity index (χ2n) is 11.0. The van der Waals surface area contributed by atoms with E-state index >= 15 is 0 Å². The monoisotopic (exact) mass is 588 g/mol. The van der Waals surface area contributed by atoms with E-state index in [1.165, 1.54) is 4.90 Å². The van der Waals surface area contributed by atoms with Gasteiger partial charge in [-0.1, -0.05) is 43.0 Å². The molecule has 224 valence electrons. The Morgan fingerprint density at radius 1 is 0.881 bits per heavy atom. The Hall–Kier alpha value is -3.58. The SMILES string of the molecule is C=CC(CCc1c(OC)ccnc1CC/C=C/CCc1c(OC)ccnc1CSc1ccccc1)OC(=O)C(C)(C)C. The summed E-state index contributed by atoms with van der Waals surface area (Å²) in [4.78, 5) is 22.9. The van der Waals surface area contributed by atoms with Gasteiger partial charge in [-0.3, -0.25) is 14.8 Å². The number of hydrogen-bond donors (Lipinski definition) is 0. The normalized spacial score (nSPS) is 12.2. The van der Waals surface area contributed by atoms with Gasteiger partial charge in [-0.2, -0.15) is 0 Å². The van der Waals surface area contributed by atoms with Gasteiger partial charge in [0.25, 0.3) is 0 Å². The Bertz CT molecular complexity index is 1320. The van der Waals surface area contributed by atoms with Crippen LogP contribution in [0.25, 0.3) is 0 Å². The third-order valence-corrected chi connectivity index (χ3v) is 7.87. The van der Waals surface area contributed by atoms with Gasteiger partial charge in [0.15, 0.2) is 0 Å². The fourth-order valence-electron chi connectivity index (χ4n) is 4.47. The molecule has 0 saturated carbocycles. The standard InChI is InChI=1S/C35H44N2O4S/c1-7-26(41-34(38)35(2,3)4)19-20-29-30(36-23-21-33(29)40-6)18-14-9-8-13-17-28-31(37-24-22-32(28)39-5)25-42-27-15-11-10-12-16-27/h7-12,15-16,21-24,26H,1,13-14,17-20,25H2,2-6H3/b9-8+. The minimum Gasteiger partial charge on any atom is -0.496 e. The van der Waals surface area contributed by atoms with E-state index in [1.54, 1.807) is 38.3 Å². The van der Waals surface area contributed by atoms with E-state index in [2.05, 4.69) is 53.0 Å². The van der Waals surface area contributed by atoms with E-state index in [4.69, 9.17) is 14.2 Å². The molecule has 6 nitrogen and oxygen atoms in total. The average molecular weight is 589 g/mol. The number of esters is 1. The van der Waals surface area contributed by atoms with Crippen LogP contribution >= 0.6 is 11.8 Å². The quantitative estimate of drug-likeness (QED) is 0.0954. The van der Waals surface area contributed by atoms with Crippen molar-refractivity contribution in [1.29, 1.82) is 0 Å². The first-order chi connectivity index (χ1) is 20.3. The number of hydrogen-bond acceptors (Lipinski definition) is 7. The van der Waals surface area contributed by atoms with E-state index < -0.39 is 5.41 Å². The second-order valence-corrected chi connectivity index (χ2v) is 12.0. The lowest BCUT2D eigenvalue weighted by molar-refractivity contribution is -0.156. The predicted octanol–water partition coefficient (Wildman–Crippen LogP) is 7.98. The van der Waals surface area contributed by atoms with Crippen molar-refractivity contribution in [3.05, 3.63) is 102 Å². The third kappa shape index (κ3) is 10.1. The first kappa shape index (κ1) is 32.9. The lowest BCUT2D eigenvalue weighted by Gasteiger charge is -2.22. The van der Waals surface area contributed by atoms with Crippen LogP contribution in [0.2, 0.25) is 0 Å². The summed E-state index contributed by atoms with van der Waals surface area (Å²) in [7, 11) is 3.39. The molecular weight excluding hydrogens is 544 g/mol. The maximum atomic E-state index is 12.4. The Balaban J connectivity index is 1.58. The van der Waals surface area contributed by atoms with Crippen molar-refractivity contribution < 1.29 is 19.0 Å². The molecule has 0 saturated heterocycles. The van der Waals surface area contributed by atoms with Crippen LogP contribution < -0.4 is 9.47 Å². The number of thioether (sulfide) groups is 1. The zero-order valence-electron chi connectivity index (χ0n) is 25.6. The van der Waals surface area contributed by atoms with Crippen molar-refractivity contribution in [3.63, 3.8) is 0 Å². The molecule has 0 bridgehead atoms. The predicted molar refractivity (Wildman–Crippen MR) is 171 cm³/mol. The lowest BCUT2D eigenvalue weighted by atomic mass is 9.97. The molecule has 0 fully saturated rings. The number of aromatic nitrogens is 2. The molecule has 0 N–H and O–H groups in total. The van der Waals surface area contributed by atoms with Gasteiger partial charge in [0.1, 0.15) is 17.6 Å². The van der Waals surface area contributed by atoms with Crippen LogP contribution in [0.1, 0.15) is 62.5 Å². The summed E-state index contributed by atoms with van der Waals surface area (Å²) in [6, 6.07) is 14.2. The van der Waals surface area contributed by atoms with Crippen LogP contribution in [0.5, 0.6) is 11.5 Å². The number of methoxy groups -OCH3 is 2. The molecule has 1 aromatic carbocycles. The topological polar surface area (TPSA) is 70.5 Å². The highest BCUT2D eigenvalue weighted by Crippen LogP contribution is 2.29. The van der Waals surface area contributed by atoms with Crippen LogP contribution in [0.3, 0.4) is 0 Å². The lowest BCUT2D eigenvalue weighted by Crippen LogP contribution is -2.27. The van der Waals surface area contributed by atoms with Crippen molar-refractivity contribution in [2.45, 2.75) is 76.0 Å². The van der Waals surface area contributed by atoms with E-state index in [1.807, 2.05) is 45.2 Å². The largest absolute Gasteiger partial charge is 0.496 e. The Kier molecular flexibility index (Phi) is 13.1. The zero-order chi connectivity index (χ0) is 30.4. The molecular formula is C35H44N2O4S. The number of carbonyl (C=O) groups excluding carboxylic acids is 1. The van der Waals surface area contributed by atoms with Crippen LogP contribution in [0.4, 0.5) is 0 Å². The fourth-order valence-corrected chi connectivity index (χ4v) is 5.37. The number of pyridine rings is 2. The van der Waals surface area contributed by atoms with E-state index in [0.29, 0.717) is 12.8 Å². The van der Waals surface area contributed by atoms with E-state index in [9.17, 15) is 4.79 Å². The number of benzene rings is 1. The van der Waals surface area contributed by atoms with Crippen molar-refractivity contribution in [3.8, 4) is 11.5 Å². The van der Waals surface area contributed by atoms with Crippen molar-refractivity contribution in [2.24, 2.45) is 5.41 Å².